The van der Waals surface area contributed by atoms with Crippen LogP contribution in [0.5, 0.6) is 0 Å². The predicted molar refractivity (Wildman–Crippen MR) is 115 cm³/mol. The van der Waals surface area contributed by atoms with E-state index in [4.69, 9.17) is 16.3 Å². The minimum absolute atomic E-state index is 0.0302. The second kappa shape index (κ2) is 9.11. The van der Waals surface area contributed by atoms with E-state index in [-0.39, 0.29) is 16.2 Å². The Labute approximate surface area is 179 Å². The highest BCUT2D eigenvalue weighted by molar-refractivity contribution is 7.92. The number of rotatable bonds is 7. The van der Waals surface area contributed by atoms with Crippen molar-refractivity contribution in [1.82, 2.24) is 0 Å². The molecule has 0 aliphatic rings. The topological polar surface area (TPSA) is 80.8 Å². The lowest BCUT2D eigenvalue weighted by atomic mass is 10.1. The van der Waals surface area contributed by atoms with Crippen molar-refractivity contribution in [2.24, 2.45) is 0 Å². The highest BCUT2D eigenvalue weighted by Gasteiger charge is 2.22. The number of hydrogen-bond acceptors (Lipinski definition) is 5. The molecule has 0 saturated carbocycles. The number of hydrogen-bond donors (Lipinski definition) is 0. The summed E-state index contributed by atoms with van der Waals surface area (Å²) in [6.45, 7) is -0.433. The minimum atomic E-state index is -3.78. The number of ether oxygens (including phenoxy) is 1. The van der Waals surface area contributed by atoms with E-state index < -0.39 is 22.6 Å². The molecule has 0 amide bonds. The van der Waals surface area contributed by atoms with Crippen molar-refractivity contribution in [2.75, 3.05) is 18.0 Å². The molecule has 30 heavy (non-hydrogen) atoms. The van der Waals surface area contributed by atoms with Gasteiger partial charge in [-0.15, -0.1) is 0 Å². The van der Waals surface area contributed by atoms with Gasteiger partial charge >= 0.3 is 5.97 Å². The first-order valence-corrected chi connectivity index (χ1v) is 10.7. The van der Waals surface area contributed by atoms with Gasteiger partial charge in [0.1, 0.15) is 0 Å². The maximum absolute atomic E-state index is 12.8. The van der Waals surface area contributed by atoms with Gasteiger partial charge in [-0.3, -0.25) is 9.10 Å². The van der Waals surface area contributed by atoms with E-state index in [0.29, 0.717) is 16.3 Å². The second-order valence-electron chi connectivity index (χ2n) is 6.34. The number of halogens is 1. The molecule has 0 aliphatic heterocycles. The molecule has 0 N–H and O–H groups in total. The van der Waals surface area contributed by atoms with Crippen LogP contribution in [0, 0.1) is 0 Å². The van der Waals surface area contributed by atoms with Crippen LogP contribution >= 0.6 is 11.6 Å². The van der Waals surface area contributed by atoms with Gasteiger partial charge in [0.2, 0.25) is 0 Å². The number of carbonyl (C=O) groups excluding carboxylic acids is 2. The molecule has 0 radical (unpaired) electrons. The highest BCUT2D eigenvalue weighted by atomic mass is 35.5. The SMILES string of the molecule is CN(c1ccccc1)S(=O)(=O)c1ccc(C(=O)OCC(=O)c2ccc(Cl)cc2)cc1. The van der Waals surface area contributed by atoms with Crippen molar-refractivity contribution >= 4 is 39.1 Å². The van der Waals surface area contributed by atoms with E-state index in [1.54, 1.807) is 54.6 Å². The number of sulfonamides is 1. The number of ketones is 1. The number of benzene rings is 3. The summed E-state index contributed by atoms with van der Waals surface area (Å²) in [5.74, 6) is -1.10. The summed E-state index contributed by atoms with van der Waals surface area (Å²) in [6.07, 6.45) is 0. The van der Waals surface area contributed by atoms with Gasteiger partial charge in [-0.05, 0) is 60.7 Å². The standard InChI is InChI=1S/C22H18ClNO5S/c1-24(19-5-3-2-4-6-19)30(27,28)20-13-9-17(10-14-20)22(26)29-15-21(25)16-7-11-18(23)12-8-16/h2-14H,15H2,1H3. The maximum atomic E-state index is 12.8. The Morgan fingerprint density at radius 2 is 1.43 bits per heavy atom. The summed E-state index contributed by atoms with van der Waals surface area (Å²) >= 11 is 5.78. The molecule has 3 aromatic carbocycles. The van der Waals surface area contributed by atoms with E-state index in [0.717, 1.165) is 4.31 Å². The van der Waals surface area contributed by atoms with Crippen molar-refractivity contribution < 1.29 is 22.7 Å². The minimum Gasteiger partial charge on any atom is -0.454 e. The van der Waals surface area contributed by atoms with E-state index in [9.17, 15) is 18.0 Å². The molecule has 0 spiro atoms. The predicted octanol–water partition coefficient (Wildman–Crippen LogP) is 4.20. The van der Waals surface area contributed by atoms with Gasteiger partial charge < -0.3 is 4.74 Å². The van der Waals surface area contributed by atoms with Gasteiger partial charge in [-0.1, -0.05) is 29.8 Å². The van der Waals surface area contributed by atoms with E-state index in [1.165, 1.54) is 31.3 Å². The molecule has 0 aliphatic carbocycles. The normalized spacial score (nSPS) is 11.0. The molecule has 6 nitrogen and oxygen atoms in total. The third-order valence-electron chi connectivity index (χ3n) is 4.37. The zero-order chi connectivity index (χ0) is 21.7. The summed E-state index contributed by atoms with van der Waals surface area (Å²) in [5.41, 5.74) is 1.03. The number of nitrogens with zero attached hydrogens (tertiary/aromatic N) is 1. The Kier molecular flexibility index (Phi) is 6.54. The van der Waals surface area contributed by atoms with Gasteiger partial charge in [-0.2, -0.15) is 0 Å². The van der Waals surface area contributed by atoms with E-state index in [1.807, 2.05) is 0 Å². The zero-order valence-corrected chi connectivity index (χ0v) is 17.6. The highest BCUT2D eigenvalue weighted by Crippen LogP contribution is 2.22. The Balaban J connectivity index is 1.66. The van der Waals surface area contributed by atoms with Crippen molar-refractivity contribution in [1.29, 1.82) is 0 Å². The Morgan fingerprint density at radius 1 is 0.867 bits per heavy atom. The van der Waals surface area contributed by atoms with E-state index >= 15 is 0 Å². The quantitative estimate of drug-likeness (QED) is 0.403. The number of Topliss-reactive ketones (excluding diaryl/α,β-unsaturated/α-hetero) is 1. The smallest absolute Gasteiger partial charge is 0.338 e. The maximum Gasteiger partial charge on any atom is 0.338 e. The van der Waals surface area contributed by atoms with E-state index in [2.05, 4.69) is 0 Å². The van der Waals surface area contributed by atoms with Crippen LogP contribution in [0.2, 0.25) is 5.02 Å². The molecule has 0 atom stereocenters. The van der Waals surface area contributed by atoms with Crippen LogP contribution in [0.25, 0.3) is 0 Å². The second-order valence-corrected chi connectivity index (χ2v) is 8.74. The average molecular weight is 444 g/mol. The molecule has 0 heterocycles. The molecule has 0 fully saturated rings. The first-order valence-electron chi connectivity index (χ1n) is 8.89. The molecule has 0 unspecified atom stereocenters. The van der Waals surface area contributed by atoms with Crippen molar-refractivity contribution in [3.63, 3.8) is 0 Å². The van der Waals surface area contributed by atoms with Crippen molar-refractivity contribution in [3.8, 4) is 0 Å². The van der Waals surface area contributed by atoms with Crippen molar-refractivity contribution in [3.05, 3.63) is 95.0 Å². The van der Waals surface area contributed by atoms with Crippen LogP contribution in [-0.4, -0.2) is 33.8 Å². The lowest BCUT2D eigenvalue weighted by molar-refractivity contribution is 0.0474. The van der Waals surface area contributed by atoms with Gasteiger partial charge in [0.25, 0.3) is 10.0 Å². The van der Waals surface area contributed by atoms with Gasteiger partial charge in [0.05, 0.1) is 16.1 Å². The number of para-hydroxylation sites is 1. The lowest BCUT2D eigenvalue weighted by Gasteiger charge is -2.19. The van der Waals surface area contributed by atoms with Crippen LogP contribution in [0.15, 0.2) is 83.8 Å². The number of esters is 1. The molecule has 3 rings (SSSR count). The summed E-state index contributed by atoms with van der Waals surface area (Å²) in [7, 11) is -2.33. The van der Waals surface area contributed by atoms with Gasteiger partial charge in [-0.25, -0.2) is 13.2 Å². The molecule has 0 saturated heterocycles. The molecular formula is C22H18ClNO5S. The molecular weight excluding hydrogens is 426 g/mol. The van der Waals surface area contributed by atoms with Crippen LogP contribution < -0.4 is 4.31 Å². The summed E-state index contributed by atoms with van der Waals surface area (Å²) in [5, 5.41) is 0.497. The van der Waals surface area contributed by atoms with Gasteiger partial charge in [0.15, 0.2) is 12.4 Å². The Hall–Kier alpha value is -3.16. The molecule has 154 valence electrons. The van der Waals surface area contributed by atoms with Crippen LogP contribution in [0.1, 0.15) is 20.7 Å². The fourth-order valence-corrected chi connectivity index (χ4v) is 3.95. The zero-order valence-electron chi connectivity index (χ0n) is 16.0. The molecule has 3 aromatic rings. The third kappa shape index (κ3) is 4.87. The van der Waals surface area contributed by atoms with Crippen LogP contribution in [-0.2, 0) is 14.8 Å². The molecule has 0 aromatic heterocycles. The van der Waals surface area contributed by atoms with Gasteiger partial charge in [0, 0.05) is 17.6 Å². The monoisotopic (exact) mass is 443 g/mol. The molecule has 8 heteroatoms. The Bertz CT molecular complexity index is 1140. The largest absolute Gasteiger partial charge is 0.454 e. The number of anilines is 1. The van der Waals surface area contributed by atoms with Crippen LogP contribution in [0.4, 0.5) is 5.69 Å². The first-order chi connectivity index (χ1) is 14.3. The third-order valence-corrected chi connectivity index (χ3v) is 6.42. The summed E-state index contributed by atoms with van der Waals surface area (Å²) < 4.78 is 31.7. The fourth-order valence-electron chi connectivity index (χ4n) is 2.63. The van der Waals surface area contributed by atoms with Crippen LogP contribution in [0.3, 0.4) is 0 Å². The number of carbonyl (C=O) groups is 2. The molecule has 0 bridgehead atoms. The summed E-state index contributed by atoms with van der Waals surface area (Å²) in [6, 6.07) is 20.2. The van der Waals surface area contributed by atoms with Crippen molar-refractivity contribution in [2.45, 2.75) is 4.90 Å². The lowest BCUT2D eigenvalue weighted by Crippen LogP contribution is -2.26. The first kappa shape index (κ1) is 21.5. The fraction of sp³-hybridized carbons (Fsp3) is 0.0909. The Morgan fingerprint density at radius 3 is 2.03 bits per heavy atom. The summed E-state index contributed by atoms with van der Waals surface area (Å²) in [4.78, 5) is 24.3. The average Bonchev–Trinajstić information content (AvgIpc) is 2.77.